The first-order valence-electron chi connectivity index (χ1n) is 5.45. The fraction of sp³-hybridized carbons (Fsp3) is 0.615. The Hall–Kier alpha value is -1.23. The van der Waals surface area contributed by atoms with Gasteiger partial charge < -0.3 is 4.74 Å². The second-order valence-corrected chi connectivity index (χ2v) is 3.46. The molecule has 0 unspecified atom stereocenters. The van der Waals surface area contributed by atoms with Crippen LogP contribution in [0.2, 0.25) is 0 Å². The number of allylic oxidation sites excluding steroid dienone is 1. The first kappa shape index (κ1) is 13.8. The zero-order chi connectivity index (χ0) is 11.5. The number of rotatable bonds is 5. The summed E-state index contributed by atoms with van der Waals surface area (Å²) in [5.41, 5.74) is 0.761. The molecule has 0 amide bonds. The summed E-state index contributed by atoms with van der Waals surface area (Å²) in [6.07, 6.45) is 7.23. The summed E-state index contributed by atoms with van der Waals surface area (Å²) in [6, 6.07) is 0. The van der Waals surface area contributed by atoms with Crippen LogP contribution in [0, 0.1) is 11.8 Å². The molecule has 0 aromatic heterocycles. The van der Waals surface area contributed by atoms with Gasteiger partial charge in [-0.25, -0.2) is 4.79 Å². The zero-order valence-electron chi connectivity index (χ0n) is 9.93. The summed E-state index contributed by atoms with van der Waals surface area (Å²) in [5.74, 6) is 5.64. The van der Waals surface area contributed by atoms with Crippen molar-refractivity contribution in [2.45, 2.75) is 46.0 Å². The number of carbonyl (C=O) groups excluding carboxylic acids is 1. The quantitative estimate of drug-likeness (QED) is 0.300. The van der Waals surface area contributed by atoms with Gasteiger partial charge in [0.15, 0.2) is 0 Å². The van der Waals surface area contributed by atoms with Crippen molar-refractivity contribution >= 4 is 5.97 Å². The smallest absolute Gasteiger partial charge is 0.331 e. The van der Waals surface area contributed by atoms with E-state index in [0.717, 1.165) is 18.4 Å². The predicted octanol–water partition coefficient (Wildman–Crippen LogP) is 3.08. The molecule has 0 rings (SSSR count). The number of carbonyl (C=O) groups is 1. The van der Waals surface area contributed by atoms with Crippen molar-refractivity contribution in [2.75, 3.05) is 7.11 Å². The summed E-state index contributed by atoms with van der Waals surface area (Å²) in [7, 11) is 1.37. The third-order valence-corrected chi connectivity index (χ3v) is 1.98. The van der Waals surface area contributed by atoms with Crippen LogP contribution >= 0.6 is 0 Å². The van der Waals surface area contributed by atoms with Crippen molar-refractivity contribution < 1.29 is 9.53 Å². The van der Waals surface area contributed by atoms with Crippen molar-refractivity contribution in [3.8, 4) is 11.8 Å². The van der Waals surface area contributed by atoms with Gasteiger partial charge in [0.05, 0.1) is 7.11 Å². The van der Waals surface area contributed by atoms with E-state index in [2.05, 4.69) is 23.5 Å². The monoisotopic (exact) mass is 208 g/mol. The van der Waals surface area contributed by atoms with E-state index in [9.17, 15) is 4.79 Å². The molecule has 0 aromatic carbocycles. The first-order chi connectivity index (χ1) is 7.20. The van der Waals surface area contributed by atoms with E-state index in [1.54, 1.807) is 0 Å². The van der Waals surface area contributed by atoms with Crippen molar-refractivity contribution in [1.29, 1.82) is 0 Å². The fourth-order valence-corrected chi connectivity index (χ4v) is 1.11. The van der Waals surface area contributed by atoms with Crippen LogP contribution in [0.15, 0.2) is 11.6 Å². The van der Waals surface area contributed by atoms with E-state index < -0.39 is 0 Å². The number of hydrogen-bond acceptors (Lipinski definition) is 2. The fourth-order valence-electron chi connectivity index (χ4n) is 1.11. The zero-order valence-corrected chi connectivity index (χ0v) is 9.93. The van der Waals surface area contributed by atoms with Gasteiger partial charge in [-0.2, -0.15) is 0 Å². The minimum Gasteiger partial charge on any atom is -0.466 e. The molecular weight excluding hydrogens is 188 g/mol. The molecule has 0 radical (unpaired) electrons. The molecular formula is C13H20O2. The maximum atomic E-state index is 10.8. The van der Waals surface area contributed by atoms with Crippen LogP contribution in [-0.4, -0.2) is 13.1 Å². The molecule has 2 nitrogen and oxygen atoms in total. The topological polar surface area (TPSA) is 26.3 Å². The lowest BCUT2D eigenvalue weighted by molar-refractivity contribution is -0.134. The van der Waals surface area contributed by atoms with Crippen LogP contribution in [0.1, 0.15) is 46.0 Å². The van der Waals surface area contributed by atoms with Crippen LogP contribution in [0.3, 0.4) is 0 Å². The van der Waals surface area contributed by atoms with Crippen LogP contribution in [0.25, 0.3) is 0 Å². The van der Waals surface area contributed by atoms with Gasteiger partial charge >= 0.3 is 5.97 Å². The molecule has 2 heteroatoms. The Balaban J connectivity index is 3.76. The van der Waals surface area contributed by atoms with Crippen LogP contribution in [-0.2, 0) is 9.53 Å². The normalized spacial score (nSPS) is 10.5. The Morgan fingerprint density at radius 3 is 2.67 bits per heavy atom. The molecule has 0 heterocycles. The first-order valence-corrected chi connectivity index (χ1v) is 5.45. The van der Waals surface area contributed by atoms with E-state index in [-0.39, 0.29) is 5.97 Å². The minimum absolute atomic E-state index is 0.340. The summed E-state index contributed by atoms with van der Waals surface area (Å²) in [5, 5.41) is 0. The SMILES string of the molecule is CCCCCCC#C/C(C)=C/C(=O)OC. The van der Waals surface area contributed by atoms with Crippen molar-refractivity contribution in [3.05, 3.63) is 11.6 Å². The van der Waals surface area contributed by atoms with Crippen molar-refractivity contribution in [3.63, 3.8) is 0 Å². The molecule has 84 valence electrons. The minimum atomic E-state index is -0.340. The molecule has 0 fully saturated rings. The Labute approximate surface area is 92.7 Å². The molecule has 0 aromatic rings. The van der Waals surface area contributed by atoms with Gasteiger partial charge in [0, 0.05) is 18.1 Å². The molecule has 0 aliphatic carbocycles. The largest absolute Gasteiger partial charge is 0.466 e. The van der Waals surface area contributed by atoms with Gasteiger partial charge in [-0.05, 0) is 13.3 Å². The number of ether oxygens (including phenoxy) is 1. The average molecular weight is 208 g/mol. The third-order valence-electron chi connectivity index (χ3n) is 1.98. The van der Waals surface area contributed by atoms with E-state index in [1.165, 1.54) is 32.4 Å². The predicted molar refractivity (Wildman–Crippen MR) is 62.3 cm³/mol. The molecule has 0 saturated carbocycles. The highest BCUT2D eigenvalue weighted by Crippen LogP contribution is 2.01. The maximum Gasteiger partial charge on any atom is 0.331 e. The second-order valence-electron chi connectivity index (χ2n) is 3.46. The summed E-state index contributed by atoms with van der Waals surface area (Å²) >= 11 is 0. The Morgan fingerprint density at radius 2 is 2.07 bits per heavy atom. The lowest BCUT2D eigenvalue weighted by atomic mass is 10.1. The van der Waals surface area contributed by atoms with E-state index in [1.807, 2.05) is 6.92 Å². The van der Waals surface area contributed by atoms with Crippen LogP contribution < -0.4 is 0 Å². The molecule has 0 aliphatic heterocycles. The number of esters is 1. The van der Waals surface area contributed by atoms with E-state index >= 15 is 0 Å². The highest BCUT2D eigenvalue weighted by Gasteiger charge is 1.92. The highest BCUT2D eigenvalue weighted by atomic mass is 16.5. The molecule has 0 saturated heterocycles. The lowest BCUT2D eigenvalue weighted by Gasteiger charge is -1.92. The molecule has 0 N–H and O–H groups in total. The van der Waals surface area contributed by atoms with Gasteiger partial charge in [0.1, 0.15) is 0 Å². The molecule has 0 spiro atoms. The number of unbranched alkanes of at least 4 members (excludes halogenated alkanes) is 4. The Kier molecular flexibility index (Phi) is 8.56. The van der Waals surface area contributed by atoms with Crippen LogP contribution in [0.4, 0.5) is 0 Å². The van der Waals surface area contributed by atoms with Gasteiger partial charge in [-0.1, -0.05) is 38.0 Å². The second kappa shape index (κ2) is 9.33. The van der Waals surface area contributed by atoms with Gasteiger partial charge in [-0.15, -0.1) is 0 Å². The molecule has 0 atom stereocenters. The Morgan fingerprint density at radius 1 is 1.33 bits per heavy atom. The van der Waals surface area contributed by atoms with E-state index in [4.69, 9.17) is 0 Å². The lowest BCUT2D eigenvalue weighted by Crippen LogP contribution is -1.94. The van der Waals surface area contributed by atoms with E-state index in [0.29, 0.717) is 0 Å². The highest BCUT2D eigenvalue weighted by molar-refractivity contribution is 5.83. The number of hydrogen-bond donors (Lipinski definition) is 0. The summed E-state index contributed by atoms with van der Waals surface area (Å²) < 4.78 is 4.50. The summed E-state index contributed by atoms with van der Waals surface area (Å²) in [4.78, 5) is 10.8. The van der Waals surface area contributed by atoms with Gasteiger partial charge in [0.25, 0.3) is 0 Å². The standard InChI is InChI=1S/C13H20O2/c1-4-5-6-7-8-9-10-12(2)11-13(14)15-3/h11H,4-8H2,1-3H3/b12-11+. The maximum absolute atomic E-state index is 10.8. The Bertz CT molecular complexity index is 266. The van der Waals surface area contributed by atoms with Crippen molar-refractivity contribution in [2.24, 2.45) is 0 Å². The molecule has 0 bridgehead atoms. The van der Waals surface area contributed by atoms with Crippen LogP contribution in [0.5, 0.6) is 0 Å². The van der Waals surface area contributed by atoms with Gasteiger partial charge in [-0.3, -0.25) is 0 Å². The number of methoxy groups -OCH3 is 1. The average Bonchev–Trinajstić information content (AvgIpc) is 2.23. The van der Waals surface area contributed by atoms with Gasteiger partial charge in [0.2, 0.25) is 0 Å². The third kappa shape index (κ3) is 9.08. The van der Waals surface area contributed by atoms with Crippen molar-refractivity contribution in [1.82, 2.24) is 0 Å². The summed E-state index contributed by atoms with van der Waals surface area (Å²) in [6.45, 7) is 4.00. The molecule has 0 aliphatic rings. The molecule has 15 heavy (non-hydrogen) atoms.